The number of carbonyl (C=O) groups excluding carboxylic acids is 1. The van der Waals surface area contributed by atoms with E-state index in [0.717, 1.165) is 5.56 Å². The Labute approximate surface area is 123 Å². The van der Waals surface area contributed by atoms with Crippen LogP contribution >= 0.6 is 0 Å². The fraction of sp³-hybridized carbons (Fsp3) is 0.250. The largest absolute Gasteiger partial charge is 0.496 e. The third-order valence-corrected chi connectivity index (χ3v) is 3.11. The second-order valence-corrected chi connectivity index (χ2v) is 4.67. The molecule has 21 heavy (non-hydrogen) atoms. The van der Waals surface area contributed by atoms with Gasteiger partial charge in [-0.25, -0.2) is 5.43 Å². The zero-order valence-electron chi connectivity index (χ0n) is 12.6. The highest BCUT2D eigenvalue weighted by atomic mass is 16.5. The summed E-state index contributed by atoms with van der Waals surface area (Å²) in [5.74, 6) is 1.69. The van der Waals surface area contributed by atoms with Gasteiger partial charge in [0.05, 0.1) is 18.4 Å². The van der Waals surface area contributed by atoms with Crippen LogP contribution in [-0.2, 0) is 0 Å². The van der Waals surface area contributed by atoms with Gasteiger partial charge >= 0.3 is 0 Å². The van der Waals surface area contributed by atoms with Crippen molar-refractivity contribution in [3.8, 4) is 5.75 Å². The molecular weight excluding hydrogens is 268 g/mol. The number of hydrogen-bond donors (Lipinski definition) is 1. The Morgan fingerprint density at radius 2 is 1.95 bits per heavy atom. The number of benzene rings is 1. The summed E-state index contributed by atoms with van der Waals surface area (Å²) in [6, 6.07) is 9.20. The van der Waals surface area contributed by atoms with Crippen LogP contribution in [0.1, 0.15) is 34.4 Å². The molecule has 0 fully saturated rings. The second-order valence-electron chi connectivity index (χ2n) is 4.67. The van der Waals surface area contributed by atoms with Crippen LogP contribution < -0.4 is 10.2 Å². The number of rotatable bonds is 4. The number of ether oxygens (including phenoxy) is 1. The maximum atomic E-state index is 12.1. The summed E-state index contributed by atoms with van der Waals surface area (Å²) in [5, 5.41) is 4.13. The number of nitrogens with one attached hydrogen (secondary N) is 1. The molecule has 1 aromatic heterocycles. The molecule has 0 spiro atoms. The molecule has 0 aliphatic rings. The lowest BCUT2D eigenvalue weighted by molar-refractivity contribution is 0.0953. The van der Waals surface area contributed by atoms with Gasteiger partial charge in [0.25, 0.3) is 5.91 Å². The predicted octanol–water partition coefficient (Wildman–Crippen LogP) is 3.06. The average molecular weight is 286 g/mol. The van der Waals surface area contributed by atoms with Crippen molar-refractivity contribution in [3.63, 3.8) is 0 Å². The zero-order chi connectivity index (χ0) is 15.4. The highest BCUT2D eigenvalue weighted by Gasteiger charge is 2.13. The molecule has 110 valence electrons. The number of para-hydroxylation sites is 1. The van der Waals surface area contributed by atoms with E-state index in [4.69, 9.17) is 9.15 Å². The minimum Gasteiger partial charge on any atom is -0.496 e. The van der Waals surface area contributed by atoms with Gasteiger partial charge in [-0.1, -0.05) is 12.1 Å². The van der Waals surface area contributed by atoms with Gasteiger partial charge in [0, 0.05) is 5.56 Å². The molecule has 1 aromatic carbocycles. The van der Waals surface area contributed by atoms with Crippen molar-refractivity contribution in [2.45, 2.75) is 20.8 Å². The second kappa shape index (κ2) is 6.26. The molecule has 0 atom stereocenters. The Bertz CT molecular complexity index is 687. The average Bonchev–Trinajstić information content (AvgIpc) is 2.83. The summed E-state index contributed by atoms with van der Waals surface area (Å²) < 4.78 is 10.6. The van der Waals surface area contributed by atoms with Crippen LogP contribution in [0.15, 0.2) is 39.9 Å². The molecule has 2 rings (SSSR count). The minimum absolute atomic E-state index is 0.293. The van der Waals surface area contributed by atoms with E-state index in [2.05, 4.69) is 10.5 Å². The summed E-state index contributed by atoms with van der Waals surface area (Å²) in [7, 11) is 1.60. The molecule has 0 aliphatic heterocycles. The molecular formula is C16H18N2O3. The van der Waals surface area contributed by atoms with Gasteiger partial charge in [-0.3, -0.25) is 4.79 Å². The maximum Gasteiger partial charge on any atom is 0.274 e. The molecule has 0 saturated carbocycles. The molecule has 2 aromatic rings. The van der Waals surface area contributed by atoms with E-state index in [-0.39, 0.29) is 5.91 Å². The van der Waals surface area contributed by atoms with Crippen LogP contribution in [0, 0.1) is 13.8 Å². The van der Waals surface area contributed by atoms with Crippen LogP contribution in [0.25, 0.3) is 0 Å². The molecule has 0 aliphatic carbocycles. The van der Waals surface area contributed by atoms with Gasteiger partial charge < -0.3 is 9.15 Å². The van der Waals surface area contributed by atoms with Gasteiger partial charge in [0.2, 0.25) is 0 Å². The highest BCUT2D eigenvalue weighted by Crippen LogP contribution is 2.18. The van der Waals surface area contributed by atoms with Crippen molar-refractivity contribution in [2.75, 3.05) is 7.11 Å². The van der Waals surface area contributed by atoms with E-state index in [0.29, 0.717) is 28.5 Å². The van der Waals surface area contributed by atoms with E-state index >= 15 is 0 Å². The van der Waals surface area contributed by atoms with Crippen molar-refractivity contribution in [2.24, 2.45) is 5.10 Å². The molecule has 0 saturated heterocycles. The first kappa shape index (κ1) is 14.8. The Balaban J connectivity index is 2.17. The molecule has 1 heterocycles. The van der Waals surface area contributed by atoms with Crippen molar-refractivity contribution in [3.05, 3.63) is 53.0 Å². The van der Waals surface area contributed by atoms with Crippen LogP contribution in [0.5, 0.6) is 5.75 Å². The Morgan fingerprint density at radius 1 is 1.24 bits per heavy atom. The first-order valence-electron chi connectivity index (χ1n) is 6.58. The topological polar surface area (TPSA) is 63.8 Å². The number of methoxy groups -OCH3 is 1. The van der Waals surface area contributed by atoms with Gasteiger partial charge in [-0.15, -0.1) is 0 Å². The molecule has 0 unspecified atom stereocenters. The first-order chi connectivity index (χ1) is 10.0. The summed E-state index contributed by atoms with van der Waals surface area (Å²) in [5.41, 5.74) is 4.53. The van der Waals surface area contributed by atoms with Gasteiger partial charge in [0.1, 0.15) is 17.3 Å². The van der Waals surface area contributed by atoms with E-state index in [1.807, 2.05) is 31.2 Å². The normalized spacial score (nSPS) is 11.3. The van der Waals surface area contributed by atoms with Gasteiger partial charge in [-0.05, 0) is 39.0 Å². The predicted molar refractivity (Wildman–Crippen MR) is 80.9 cm³/mol. The third kappa shape index (κ3) is 3.31. The molecule has 5 heteroatoms. The van der Waals surface area contributed by atoms with Crippen molar-refractivity contribution < 1.29 is 13.9 Å². The number of aryl methyl sites for hydroxylation is 2. The number of hydrazone groups is 1. The van der Waals surface area contributed by atoms with E-state index in [1.165, 1.54) is 0 Å². The van der Waals surface area contributed by atoms with Crippen molar-refractivity contribution in [1.82, 2.24) is 5.43 Å². The fourth-order valence-corrected chi connectivity index (χ4v) is 2.05. The minimum atomic E-state index is -0.293. The fourth-order valence-electron chi connectivity index (χ4n) is 2.05. The summed E-state index contributed by atoms with van der Waals surface area (Å²) in [4.78, 5) is 12.1. The smallest absolute Gasteiger partial charge is 0.274 e. The first-order valence-corrected chi connectivity index (χ1v) is 6.58. The number of furan rings is 1. The number of hydrogen-bond acceptors (Lipinski definition) is 4. The summed E-state index contributed by atoms with van der Waals surface area (Å²) in [6.07, 6.45) is 0. The highest BCUT2D eigenvalue weighted by molar-refractivity contribution is 6.02. The zero-order valence-corrected chi connectivity index (χ0v) is 12.6. The SMILES string of the molecule is COc1ccccc1/C(C)=N\NC(=O)c1cc(C)oc1C. The lowest BCUT2D eigenvalue weighted by Crippen LogP contribution is -2.19. The van der Waals surface area contributed by atoms with Gasteiger partial charge in [0.15, 0.2) is 0 Å². The van der Waals surface area contributed by atoms with Gasteiger partial charge in [-0.2, -0.15) is 5.10 Å². The number of amides is 1. The molecule has 5 nitrogen and oxygen atoms in total. The van der Waals surface area contributed by atoms with E-state index < -0.39 is 0 Å². The standard InChI is InChI=1S/C16H18N2O3/c1-10-9-14(12(3)21-10)16(19)18-17-11(2)13-7-5-6-8-15(13)20-4/h5-9H,1-4H3,(H,18,19)/b17-11-. The maximum absolute atomic E-state index is 12.1. The molecule has 0 bridgehead atoms. The molecule has 1 N–H and O–H groups in total. The Hall–Kier alpha value is -2.56. The summed E-state index contributed by atoms with van der Waals surface area (Å²) >= 11 is 0. The quantitative estimate of drug-likeness (QED) is 0.694. The molecule has 1 amide bonds. The van der Waals surface area contributed by atoms with Crippen LogP contribution in [0.2, 0.25) is 0 Å². The summed E-state index contributed by atoms with van der Waals surface area (Å²) in [6.45, 7) is 5.36. The van der Waals surface area contributed by atoms with E-state index in [1.54, 1.807) is 27.0 Å². The monoisotopic (exact) mass is 286 g/mol. The van der Waals surface area contributed by atoms with Crippen LogP contribution in [-0.4, -0.2) is 18.7 Å². The lowest BCUT2D eigenvalue weighted by atomic mass is 10.1. The number of nitrogens with zero attached hydrogens (tertiary/aromatic N) is 1. The molecule has 0 radical (unpaired) electrons. The van der Waals surface area contributed by atoms with Crippen LogP contribution in [0.3, 0.4) is 0 Å². The Kier molecular flexibility index (Phi) is 4.42. The Morgan fingerprint density at radius 3 is 2.57 bits per heavy atom. The van der Waals surface area contributed by atoms with Crippen LogP contribution in [0.4, 0.5) is 0 Å². The number of carbonyl (C=O) groups is 1. The van der Waals surface area contributed by atoms with Crippen molar-refractivity contribution in [1.29, 1.82) is 0 Å². The van der Waals surface area contributed by atoms with Crippen molar-refractivity contribution >= 4 is 11.6 Å². The van der Waals surface area contributed by atoms with E-state index in [9.17, 15) is 4.79 Å². The third-order valence-electron chi connectivity index (χ3n) is 3.11. The lowest BCUT2D eigenvalue weighted by Gasteiger charge is -2.07.